The van der Waals surface area contributed by atoms with Crippen molar-refractivity contribution in [1.82, 2.24) is 4.57 Å². The summed E-state index contributed by atoms with van der Waals surface area (Å²) in [6.45, 7) is 0.450. The Morgan fingerprint density at radius 3 is 2.39 bits per heavy atom. The number of rotatable bonds is 5. The van der Waals surface area contributed by atoms with E-state index in [-0.39, 0.29) is 15.9 Å². The van der Waals surface area contributed by atoms with E-state index in [0.717, 1.165) is 27.2 Å². The van der Waals surface area contributed by atoms with Crippen molar-refractivity contribution >= 4 is 60.4 Å². The Morgan fingerprint density at radius 2 is 1.64 bits per heavy atom. The maximum Gasteiger partial charge on any atom is 0.238 e. The third-order valence-corrected chi connectivity index (χ3v) is 6.86. The van der Waals surface area contributed by atoms with Gasteiger partial charge in [0.15, 0.2) is 5.69 Å². The average molecular weight is 516 g/mol. The highest BCUT2D eigenvalue weighted by atomic mass is 32.2. The molecule has 0 fully saturated rings. The van der Waals surface area contributed by atoms with Crippen LogP contribution in [-0.4, -0.2) is 23.2 Å². The lowest BCUT2D eigenvalue weighted by Gasteiger charge is -2.08. The molecule has 1 aromatic heterocycles. The highest BCUT2D eigenvalue weighted by molar-refractivity contribution is 7.89. The summed E-state index contributed by atoms with van der Waals surface area (Å²) in [4.78, 5) is -0.00950. The van der Waals surface area contributed by atoms with Crippen LogP contribution in [0.4, 0.5) is 11.4 Å². The van der Waals surface area contributed by atoms with Crippen LogP contribution in [0.5, 0.6) is 5.88 Å². The molecule has 10 heteroatoms. The second-order valence-corrected chi connectivity index (χ2v) is 10.1. The molecule has 4 aromatic carbocycles. The number of benzene rings is 4. The van der Waals surface area contributed by atoms with Gasteiger partial charge in [0.2, 0.25) is 21.0 Å². The largest absolute Gasteiger partial charge is 0.493 e. The van der Waals surface area contributed by atoms with Crippen molar-refractivity contribution in [3.63, 3.8) is 0 Å². The van der Waals surface area contributed by atoms with Crippen molar-refractivity contribution < 1.29 is 13.5 Å². The van der Waals surface area contributed by atoms with Crippen molar-refractivity contribution in [2.45, 2.75) is 11.4 Å². The number of sulfonamides is 1. The maximum absolute atomic E-state index is 11.4. The Bertz CT molecular complexity index is 1740. The lowest BCUT2D eigenvalue weighted by Crippen LogP contribution is -2.12. The molecule has 0 saturated heterocycles. The minimum Gasteiger partial charge on any atom is -0.493 e. The molecule has 8 nitrogen and oxygen atoms in total. The number of aromatic nitrogens is 1. The molecule has 0 aliphatic carbocycles. The predicted molar refractivity (Wildman–Crippen MR) is 145 cm³/mol. The number of anilines is 1. The van der Waals surface area contributed by atoms with Gasteiger partial charge in [-0.3, -0.25) is 0 Å². The lowest BCUT2D eigenvalue weighted by molar-refractivity contribution is 0.429. The molecule has 0 aliphatic heterocycles. The Morgan fingerprint density at radius 1 is 0.944 bits per heavy atom. The first-order valence-electron chi connectivity index (χ1n) is 10.9. The summed E-state index contributed by atoms with van der Waals surface area (Å²) in [5.41, 5.74) is 2.68. The molecular weight excluding hydrogens is 494 g/mol. The van der Waals surface area contributed by atoms with Gasteiger partial charge in [-0.25, -0.2) is 13.6 Å². The van der Waals surface area contributed by atoms with Crippen molar-refractivity contribution in [3.05, 3.63) is 96.6 Å². The molecule has 4 N–H and O–H groups in total. The fraction of sp³-hybridized carbons (Fsp3) is 0.0385. The monoisotopic (exact) mass is 515 g/mol. The number of azo groups is 1. The van der Waals surface area contributed by atoms with Gasteiger partial charge in [-0.05, 0) is 65.0 Å². The van der Waals surface area contributed by atoms with Gasteiger partial charge in [-0.15, -0.1) is 10.2 Å². The quantitative estimate of drug-likeness (QED) is 0.205. The number of hydrogen-bond donors (Lipinski definition) is 3. The molecule has 0 saturated carbocycles. The third kappa shape index (κ3) is 4.82. The minimum absolute atomic E-state index is 0.00950. The number of nitrogens with two attached hydrogens (primary N) is 1. The van der Waals surface area contributed by atoms with Crippen molar-refractivity contribution in [2.24, 2.45) is 15.4 Å². The second-order valence-electron chi connectivity index (χ2n) is 8.16. The zero-order valence-electron chi connectivity index (χ0n) is 18.9. The standard InChI is InChI=1S/C26H21N5O3S2/c27-36(33,34)21-13-11-20(12-14-21)28-26(35)30-29-24-22-7-3-4-8-23(22)31(25(24)32)16-17-9-10-18-5-1-2-6-19(18)15-17/h1-15,32H,16H2,(H,28,35)(H2,27,33,34). The highest BCUT2D eigenvalue weighted by Crippen LogP contribution is 2.39. The molecular formula is C26H21N5O3S2. The van der Waals surface area contributed by atoms with Gasteiger partial charge in [0.25, 0.3) is 0 Å². The minimum atomic E-state index is -3.78. The Kier molecular flexibility index (Phi) is 6.23. The van der Waals surface area contributed by atoms with Crippen molar-refractivity contribution in [2.75, 3.05) is 5.32 Å². The van der Waals surface area contributed by atoms with E-state index in [1.54, 1.807) is 4.57 Å². The Balaban J connectivity index is 1.41. The molecule has 5 rings (SSSR count). The number of primary sulfonamides is 1. The van der Waals surface area contributed by atoms with Gasteiger partial charge in [0.1, 0.15) is 0 Å². The number of para-hydroxylation sites is 1. The first kappa shape index (κ1) is 23.6. The zero-order chi connectivity index (χ0) is 25.3. The van der Waals surface area contributed by atoms with E-state index in [1.165, 1.54) is 24.3 Å². The SMILES string of the molecule is NS(=O)(=O)c1ccc(NC(=S)N=Nc2c(O)n(Cc3ccc4ccccc4c3)c3ccccc23)cc1. The molecule has 1 heterocycles. The van der Waals surface area contributed by atoms with Crippen LogP contribution >= 0.6 is 12.2 Å². The molecule has 36 heavy (non-hydrogen) atoms. The van der Waals surface area contributed by atoms with Crippen LogP contribution < -0.4 is 10.5 Å². The van der Waals surface area contributed by atoms with E-state index in [9.17, 15) is 13.5 Å². The van der Waals surface area contributed by atoms with Gasteiger partial charge in [0.05, 0.1) is 17.0 Å². The molecule has 0 aliphatic rings. The zero-order valence-corrected chi connectivity index (χ0v) is 20.5. The number of hydrogen-bond acceptors (Lipinski definition) is 5. The fourth-order valence-electron chi connectivity index (χ4n) is 4.02. The summed E-state index contributed by atoms with van der Waals surface area (Å²) in [7, 11) is -3.78. The van der Waals surface area contributed by atoms with E-state index < -0.39 is 10.0 Å². The number of aromatic hydroxyl groups is 1. The van der Waals surface area contributed by atoms with Gasteiger partial charge < -0.3 is 15.0 Å². The first-order valence-corrected chi connectivity index (χ1v) is 12.9. The summed E-state index contributed by atoms with van der Waals surface area (Å²) >= 11 is 5.26. The topological polar surface area (TPSA) is 122 Å². The van der Waals surface area contributed by atoms with Gasteiger partial charge >= 0.3 is 0 Å². The van der Waals surface area contributed by atoms with E-state index >= 15 is 0 Å². The predicted octanol–water partition coefficient (Wildman–Crippen LogP) is 5.68. The average Bonchev–Trinajstić information content (AvgIpc) is 3.13. The van der Waals surface area contributed by atoms with Crippen molar-refractivity contribution in [3.8, 4) is 5.88 Å². The summed E-state index contributed by atoms with van der Waals surface area (Å²) in [6.07, 6.45) is 0. The van der Waals surface area contributed by atoms with Crippen LogP contribution in [0, 0.1) is 0 Å². The molecule has 0 amide bonds. The van der Waals surface area contributed by atoms with Crippen LogP contribution in [0.2, 0.25) is 0 Å². The lowest BCUT2D eigenvalue weighted by atomic mass is 10.1. The fourth-order valence-corrected chi connectivity index (χ4v) is 4.70. The van der Waals surface area contributed by atoms with Gasteiger partial charge in [0, 0.05) is 11.1 Å². The van der Waals surface area contributed by atoms with Crippen LogP contribution in [-0.2, 0) is 16.6 Å². The third-order valence-electron chi connectivity index (χ3n) is 5.75. The molecule has 0 unspecified atom stereocenters. The normalized spacial score (nSPS) is 11.9. The van der Waals surface area contributed by atoms with E-state index in [4.69, 9.17) is 17.4 Å². The highest BCUT2D eigenvalue weighted by Gasteiger charge is 2.17. The smallest absolute Gasteiger partial charge is 0.238 e. The first-order chi connectivity index (χ1) is 17.3. The van der Waals surface area contributed by atoms with E-state index in [1.807, 2.05) is 42.5 Å². The second kappa shape index (κ2) is 9.50. The van der Waals surface area contributed by atoms with Crippen molar-refractivity contribution in [1.29, 1.82) is 0 Å². The van der Waals surface area contributed by atoms with E-state index in [2.05, 4.69) is 39.8 Å². The summed E-state index contributed by atoms with van der Waals surface area (Å²) < 4.78 is 24.6. The molecule has 0 atom stereocenters. The van der Waals surface area contributed by atoms with Gasteiger partial charge in [-0.1, -0.05) is 54.6 Å². The molecule has 5 aromatic rings. The summed E-state index contributed by atoms with van der Waals surface area (Å²) in [5.74, 6) is -0.0200. The number of fused-ring (bicyclic) bond motifs is 2. The van der Waals surface area contributed by atoms with Crippen LogP contribution in [0.3, 0.4) is 0 Å². The molecule has 180 valence electrons. The molecule has 0 radical (unpaired) electrons. The maximum atomic E-state index is 11.4. The molecule has 0 bridgehead atoms. The van der Waals surface area contributed by atoms with Gasteiger partial charge in [-0.2, -0.15) is 0 Å². The van der Waals surface area contributed by atoms with Crippen LogP contribution in [0.15, 0.2) is 106 Å². The molecule has 0 spiro atoms. The Hall–Kier alpha value is -4.12. The number of nitrogens with one attached hydrogen (secondary N) is 1. The summed E-state index contributed by atoms with van der Waals surface area (Å²) in [6, 6.07) is 27.6. The summed E-state index contributed by atoms with van der Waals surface area (Å²) in [5, 5.41) is 30.4. The van der Waals surface area contributed by atoms with E-state index in [0.29, 0.717) is 17.9 Å². The van der Waals surface area contributed by atoms with Crippen LogP contribution in [0.1, 0.15) is 5.56 Å². The van der Waals surface area contributed by atoms with Crippen LogP contribution in [0.25, 0.3) is 21.7 Å². The number of nitrogens with zero attached hydrogens (tertiary/aromatic N) is 3. The number of thiocarbonyl (C=S) groups is 1. The Labute approximate surface area is 212 Å².